The number of alkyl halides is 3. The van der Waals surface area contributed by atoms with Crippen LogP contribution in [0.1, 0.15) is 53.4 Å². The third kappa shape index (κ3) is 9.18. The Morgan fingerprint density at radius 3 is 2.00 bits per heavy atom. The zero-order valence-corrected chi connectivity index (χ0v) is 12.7. The zero-order chi connectivity index (χ0) is 15.8. The Labute approximate surface area is 118 Å². The molecule has 0 rings (SSSR count). The molecule has 0 fully saturated rings. The molecule has 0 saturated heterocycles. The molecule has 0 heterocycles. The van der Waals surface area contributed by atoms with Crippen molar-refractivity contribution in [1.82, 2.24) is 0 Å². The summed E-state index contributed by atoms with van der Waals surface area (Å²) in [4.78, 5) is 11.1. The van der Waals surface area contributed by atoms with Crippen LogP contribution in [0.15, 0.2) is 0 Å². The van der Waals surface area contributed by atoms with E-state index in [9.17, 15) is 18.0 Å². The molecule has 0 aromatic carbocycles. The molecule has 1 unspecified atom stereocenters. The van der Waals surface area contributed by atoms with Crippen LogP contribution < -0.4 is 0 Å². The molecule has 0 aliphatic heterocycles. The first-order valence-corrected chi connectivity index (χ1v) is 6.91. The van der Waals surface area contributed by atoms with Gasteiger partial charge in [-0.05, 0) is 32.1 Å². The number of rotatable bonds is 9. The summed E-state index contributed by atoms with van der Waals surface area (Å²) in [5.74, 6) is -0.163. The van der Waals surface area contributed by atoms with Crippen LogP contribution in [0.5, 0.6) is 0 Å². The highest BCUT2D eigenvalue weighted by molar-refractivity contribution is 5.66. The first-order valence-electron chi connectivity index (χ1n) is 6.91. The van der Waals surface area contributed by atoms with Crippen molar-refractivity contribution in [1.29, 1.82) is 0 Å². The fourth-order valence-electron chi connectivity index (χ4n) is 1.79. The minimum absolute atomic E-state index is 0.0190. The van der Waals surface area contributed by atoms with Crippen LogP contribution in [0, 0.1) is 5.92 Å². The van der Waals surface area contributed by atoms with Crippen molar-refractivity contribution in [3.63, 3.8) is 0 Å². The smallest absolute Gasteiger partial charge is 0.389 e. The summed E-state index contributed by atoms with van der Waals surface area (Å²) in [5, 5.41) is 0. The van der Waals surface area contributed by atoms with Crippen LogP contribution in [0.2, 0.25) is 0 Å². The van der Waals surface area contributed by atoms with Crippen molar-refractivity contribution in [2.75, 3.05) is 13.2 Å². The highest BCUT2D eigenvalue weighted by Crippen LogP contribution is 2.27. The van der Waals surface area contributed by atoms with Gasteiger partial charge >= 0.3 is 12.1 Å². The lowest BCUT2D eigenvalue weighted by Gasteiger charge is -2.33. The second kappa shape index (κ2) is 8.49. The maximum Gasteiger partial charge on any atom is 0.389 e. The second-order valence-electron chi connectivity index (χ2n) is 5.50. The van der Waals surface area contributed by atoms with Gasteiger partial charge in [0.1, 0.15) is 5.60 Å². The van der Waals surface area contributed by atoms with Gasteiger partial charge in [0, 0.05) is 26.6 Å². The number of carbonyl (C=O) groups is 1. The Morgan fingerprint density at radius 2 is 1.60 bits per heavy atom. The van der Waals surface area contributed by atoms with Crippen molar-refractivity contribution in [2.45, 2.75) is 65.2 Å². The highest BCUT2D eigenvalue weighted by Gasteiger charge is 2.31. The fraction of sp³-hybridized carbons (Fsp3) is 0.929. The zero-order valence-electron chi connectivity index (χ0n) is 12.7. The van der Waals surface area contributed by atoms with E-state index in [1.54, 1.807) is 0 Å². The van der Waals surface area contributed by atoms with E-state index in [2.05, 4.69) is 0 Å². The third-order valence-electron chi connectivity index (χ3n) is 3.31. The van der Waals surface area contributed by atoms with E-state index >= 15 is 0 Å². The number of hydrogen-bond acceptors (Lipinski definition) is 3. The molecular weight excluding hydrogens is 273 g/mol. The van der Waals surface area contributed by atoms with Gasteiger partial charge in [-0.25, -0.2) is 0 Å². The highest BCUT2D eigenvalue weighted by atomic mass is 19.4. The van der Waals surface area contributed by atoms with E-state index in [0.717, 1.165) is 0 Å². The van der Waals surface area contributed by atoms with E-state index in [4.69, 9.17) is 9.47 Å². The van der Waals surface area contributed by atoms with Gasteiger partial charge in [0.2, 0.25) is 0 Å². The summed E-state index contributed by atoms with van der Waals surface area (Å²) >= 11 is 0. The van der Waals surface area contributed by atoms with Crippen LogP contribution in [0.25, 0.3) is 0 Å². The molecule has 20 heavy (non-hydrogen) atoms. The largest absolute Gasteiger partial charge is 0.459 e. The SMILES string of the molecule is CC(=O)OC(C)(CCCOCCCC(F)(F)F)C(C)C. The van der Waals surface area contributed by atoms with Crippen molar-refractivity contribution < 1.29 is 27.4 Å². The minimum Gasteiger partial charge on any atom is -0.459 e. The minimum atomic E-state index is -4.12. The summed E-state index contributed by atoms with van der Waals surface area (Å²) < 4.78 is 46.2. The summed E-state index contributed by atoms with van der Waals surface area (Å²) in [7, 11) is 0. The van der Waals surface area contributed by atoms with Gasteiger partial charge in [-0.1, -0.05) is 13.8 Å². The number of halogens is 3. The summed E-state index contributed by atoms with van der Waals surface area (Å²) in [6, 6.07) is 0. The Balaban J connectivity index is 3.83. The normalized spacial score (nSPS) is 15.2. The van der Waals surface area contributed by atoms with Crippen molar-refractivity contribution in [3.8, 4) is 0 Å². The first-order chi connectivity index (χ1) is 9.07. The Bertz CT molecular complexity index is 290. The number of hydrogen-bond donors (Lipinski definition) is 0. The molecule has 120 valence electrons. The number of esters is 1. The van der Waals surface area contributed by atoms with Crippen molar-refractivity contribution >= 4 is 5.97 Å². The van der Waals surface area contributed by atoms with Gasteiger partial charge in [-0.15, -0.1) is 0 Å². The third-order valence-corrected chi connectivity index (χ3v) is 3.31. The lowest BCUT2D eigenvalue weighted by atomic mass is 9.87. The molecular formula is C14H25F3O3. The molecule has 0 bridgehead atoms. The van der Waals surface area contributed by atoms with Gasteiger partial charge in [0.15, 0.2) is 0 Å². The molecule has 0 saturated carbocycles. The number of carbonyl (C=O) groups excluding carboxylic acids is 1. The van der Waals surface area contributed by atoms with E-state index in [-0.39, 0.29) is 24.9 Å². The Morgan fingerprint density at radius 1 is 1.10 bits per heavy atom. The molecule has 1 atom stereocenters. The van der Waals surface area contributed by atoms with Crippen LogP contribution in [0.3, 0.4) is 0 Å². The van der Waals surface area contributed by atoms with E-state index in [1.165, 1.54) is 6.92 Å². The van der Waals surface area contributed by atoms with Crippen LogP contribution in [-0.2, 0) is 14.3 Å². The van der Waals surface area contributed by atoms with Gasteiger partial charge in [0.05, 0.1) is 0 Å². The predicted octanol–water partition coefficient (Wildman–Crippen LogP) is 4.10. The van der Waals surface area contributed by atoms with Gasteiger partial charge in [0.25, 0.3) is 0 Å². The van der Waals surface area contributed by atoms with Gasteiger partial charge in [-0.2, -0.15) is 13.2 Å². The maximum absolute atomic E-state index is 11.9. The van der Waals surface area contributed by atoms with Crippen LogP contribution in [0.4, 0.5) is 13.2 Å². The topological polar surface area (TPSA) is 35.5 Å². The fourth-order valence-corrected chi connectivity index (χ4v) is 1.79. The standard InChI is InChI=1S/C14H25F3O3/c1-11(2)13(4,20-12(3)18)7-5-9-19-10-6-8-14(15,16)17/h11H,5-10H2,1-4H3. The van der Waals surface area contributed by atoms with Gasteiger partial charge < -0.3 is 9.47 Å². The molecule has 0 aliphatic rings. The summed E-state index contributed by atoms with van der Waals surface area (Å²) in [5.41, 5.74) is -0.554. The quantitative estimate of drug-likeness (QED) is 0.475. The van der Waals surface area contributed by atoms with E-state index < -0.39 is 18.2 Å². The molecule has 0 amide bonds. The molecule has 0 aromatic heterocycles. The van der Waals surface area contributed by atoms with Crippen LogP contribution >= 0.6 is 0 Å². The lowest BCUT2D eigenvalue weighted by molar-refractivity contribution is -0.161. The molecule has 0 aromatic rings. The molecule has 0 radical (unpaired) electrons. The monoisotopic (exact) mass is 298 g/mol. The molecule has 0 spiro atoms. The summed E-state index contributed by atoms with van der Waals surface area (Å²) in [6.07, 6.45) is -3.68. The lowest BCUT2D eigenvalue weighted by Crippen LogP contribution is -2.36. The summed E-state index contributed by atoms with van der Waals surface area (Å²) in [6.45, 7) is 7.64. The molecule has 6 heteroatoms. The number of ether oxygens (including phenoxy) is 2. The van der Waals surface area contributed by atoms with E-state index in [1.807, 2.05) is 20.8 Å². The van der Waals surface area contributed by atoms with Crippen molar-refractivity contribution in [3.05, 3.63) is 0 Å². The second-order valence-corrected chi connectivity index (χ2v) is 5.50. The maximum atomic E-state index is 11.9. The first kappa shape index (κ1) is 19.2. The van der Waals surface area contributed by atoms with Crippen LogP contribution in [-0.4, -0.2) is 31.0 Å². The average molecular weight is 298 g/mol. The molecule has 3 nitrogen and oxygen atoms in total. The van der Waals surface area contributed by atoms with Crippen molar-refractivity contribution in [2.24, 2.45) is 5.92 Å². The van der Waals surface area contributed by atoms with E-state index in [0.29, 0.717) is 19.4 Å². The average Bonchev–Trinajstić information content (AvgIpc) is 2.25. The molecule has 0 aliphatic carbocycles. The Hall–Kier alpha value is -0.780. The van der Waals surface area contributed by atoms with Gasteiger partial charge in [-0.3, -0.25) is 4.79 Å². The molecule has 0 N–H and O–H groups in total. The predicted molar refractivity (Wildman–Crippen MR) is 70.4 cm³/mol. The Kier molecular flexibility index (Phi) is 8.16.